The van der Waals surface area contributed by atoms with E-state index >= 15 is 0 Å². The van der Waals surface area contributed by atoms with E-state index in [2.05, 4.69) is 17.6 Å². The molecule has 0 spiro atoms. The Kier molecular flexibility index (Phi) is 4.08. The maximum atomic E-state index is 12.2. The van der Waals surface area contributed by atoms with Gasteiger partial charge in [0.2, 0.25) is 0 Å². The van der Waals surface area contributed by atoms with Gasteiger partial charge in [-0.2, -0.15) is 0 Å². The van der Waals surface area contributed by atoms with E-state index in [1.165, 1.54) is 5.56 Å². The lowest BCUT2D eigenvalue weighted by molar-refractivity contribution is 0.247. The maximum Gasteiger partial charge on any atom is 0.319 e. The summed E-state index contributed by atoms with van der Waals surface area (Å²) in [7, 11) is 0. The van der Waals surface area contributed by atoms with Crippen LogP contribution in [0, 0.1) is 0 Å². The quantitative estimate of drug-likeness (QED) is 0.842. The van der Waals surface area contributed by atoms with Crippen LogP contribution in [0.5, 0.6) is 0 Å². The molecule has 2 aromatic rings. The highest BCUT2D eigenvalue weighted by Crippen LogP contribution is 2.45. The van der Waals surface area contributed by atoms with E-state index in [0.717, 1.165) is 30.5 Å². The molecule has 0 aliphatic heterocycles. The summed E-state index contributed by atoms with van der Waals surface area (Å²) in [6.45, 7) is 2.11. The lowest BCUT2D eigenvalue weighted by Crippen LogP contribution is -2.38. The number of carbonyl (C=O) groups is 1. The third-order valence-electron chi connectivity index (χ3n) is 4.12. The van der Waals surface area contributed by atoms with Crippen molar-refractivity contribution < 1.29 is 4.79 Å². The fourth-order valence-electron chi connectivity index (χ4n) is 2.58. The Morgan fingerprint density at radius 2 is 1.73 bits per heavy atom. The van der Waals surface area contributed by atoms with Gasteiger partial charge in [-0.05, 0) is 54.7 Å². The summed E-state index contributed by atoms with van der Waals surface area (Å²) >= 11 is 5.92. The summed E-state index contributed by atoms with van der Waals surface area (Å²) in [5, 5.41) is 6.69. The number of nitrogens with one attached hydrogen (secondary N) is 2. The number of hydrogen-bond acceptors (Lipinski definition) is 1. The molecule has 22 heavy (non-hydrogen) atoms. The second-order valence-electron chi connectivity index (χ2n) is 5.72. The molecule has 2 amide bonds. The van der Waals surface area contributed by atoms with Gasteiger partial charge < -0.3 is 10.6 Å². The first-order valence-corrected chi connectivity index (χ1v) is 7.93. The predicted molar refractivity (Wildman–Crippen MR) is 90.3 cm³/mol. The van der Waals surface area contributed by atoms with Crippen molar-refractivity contribution >= 4 is 23.3 Å². The smallest absolute Gasteiger partial charge is 0.319 e. The number of halogens is 1. The van der Waals surface area contributed by atoms with Gasteiger partial charge >= 0.3 is 6.03 Å². The molecule has 0 bridgehead atoms. The molecule has 0 radical (unpaired) electrons. The second kappa shape index (κ2) is 6.01. The van der Waals surface area contributed by atoms with Gasteiger partial charge in [0.15, 0.2) is 0 Å². The first kappa shape index (κ1) is 14.9. The number of benzene rings is 2. The average molecular weight is 315 g/mol. The average Bonchev–Trinajstić information content (AvgIpc) is 3.29. The van der Waals surface area contributed by atoms with Gasteiger partial charge in [0.25, 0.3) is 0 Å². The number of urea groups is 1. The molecule has 3 nitrogen and oxygen atoms in total. The molecule has 1 aliphatic rings. The second-order valence-corrected chi connectivity index (χ2v) is 6.16. The van der Waals surface area contributed by atoms with Crippen LogP contribution in [0.4, 0.5) is 10.5 Å². The fraction of sp³-hybridized carbons (Fsp3) is 0.278. The third kappa shape index (κ3) is 3.25. The number of rotatable bonds is 4. The number of aryl methyl sites for hydroxylation is 1. The largest absolute Gasteiger partial charge is 0.328 e. The zero-order valence-corrected chi connectivity index (χ0v) is 13.3. The van der Waals surface area contributed by atoms with Gasteiger partial charge in [-0.3, -0.25) is 0 Å². The summed E-state index contributed by atoms with van der Waals surface area (Å²) in [5.74, 6) is 0. The molecule has 4 heteroatoms. The Hall–Kier alpha value is -2.00. The van der Waals surface area contributed by atoms with Crippen LogP contribution in [-0.2, 0) is 12.0 Å². The highest BCUT2D eigenvalue weighted by Gasteiger charge is 2.45. The van der Waals surface area contributed by atoms with E-state index in [1.807, 2.05) is 48.5 Å². The van der Waals surface area contributed by atoms with Gasteiger partial charge in [-0.1, -0.05) is 42.8 Å². The molecular formula is C18H19ClN2O. The van der Waals surface area contributed by atoms with Crippen molar-refractivity contribution in [1.82, 2.24) is 5.32 Å². The lowest BCUT2D eigenvalue weighted by atomic mass is 10.1. The van der Waals surface area contributed by atoms with Gasteiger partial charge in [0.1, 0.15) is 0 Å². The third-order valence-corrected chi connectivity index (χ3v) is 4.37. The van der Waals surface area contributed by atoms with E-state index in [9.17, 15) is 4.79 Å². The molecule has 2 N–H and O–H groups in total. The topological polar surface area (TPSA) is 41.1 Å². The minimum Gasteiger partial charge on any atom is -0.328 e. The highest BCUT2D eigenvalue weighted by molar-refractivity contribution is 6.30. The standard InChI is InChI=1S/C18H19ClN2O/c1-2-13-3-9-16(10-4-13)20-17(22)21-18(11-12-18)14-5-7-15(19)8-6-14/h3-10H,2,11-12H2,1H3,(H2,20,21,22). The molecule has 114 valence electrons. The molecule has 1 aliphatic carbocycles. The first-order valence-electron chi connectivity index (χ1n) is 7.55. The monoisotopic (exact) mass is 314 g/mol. The molecule has 0 aromatic heterocycles. The van der Waals surface area contributed by atoms with E-state index in [0.29, 0.717) is 5.02 Å². The van der Waals surface area contributed by atoms with Crippen molar-refractivity contribution in [2.24, 2.45) is 0 Å². The Bertz CT molecular complexity index is 660. The zero-order valence-electron chi connectivity index (χ0n) is 12.5. The van der Waals surface area contributed by atoms with Crippen molar-refractivity contribution in [2.45, 2.75) is 31.7 Å². The van der Waals surface area contributed by atoms with Gasteiger partial charge in [0.05, 0.1) is 5.54 Å². The molecule has 0 heterocycles. The molecule has 0 unspecified atom stereocenters. The van der Waals surface area contributed by atoms with Crippen LogP contribution in [0.1, 0.15) is 30.9 Å². The van der Waals surface area contributed by atoms with Crippen LogP contribution >= 0.6 is 11.6 Å². The molecule has 1 fully saturated rings. The van der Waals surface area contributed by atoms with Crippen LogP contribution in [0.25, 0.3) is 0 Å². The Balaban J connectivity index is 1.64. The minimum absolute atomic E-state index is 0.170. The number of amides is 2. The summed E-state index contributed by atoms with van der Waals surface area (Å²) < 4.78 is 0. The Morgan fingerprint density at radius 1 is 1.09 bits per heavy atom. The predicted octanol–water partition coefficient (Wildman–Crippen LogP) is 4.71. The fourth-order valence-corrected chi connectivity index (χ4v) is 2.71. The Morgan fingerprint density at radius 3 is 2.27 bits per heavy atom. The lowest BCUT2D eigenvalue weighted by Gasteiger charge is -2.18. The number of anilines is 1. The van der Waals surface area contributed by atoms with Crippen molar-refractivity contribution in [3.05, 3.63) is 64.7 Å². The van der Waals surface area contributed by atoms with E-state index < -0.39 is 0 Å². The van der Waals surface area contributed by atoms with Crippen LogP contribution in [0.3, 0.4) is 0 Å². The zero-order chi connectivity index (χ0) is 15.6. The Labute approximate surface area is 135 Å². The van der Waals surface area contributed by atoms with E-state index in [1.54, 1.807) is 0 Å². The van der Waals surface area contributed by atoms with Gasteiger partial charge in [-0.25, -0.2) is 4.79 Å². The van der Waals surface area contributed by atoms with E-state index in [-0.39, 0.29) is 11.6 Å². The van der Waals surface area contributed by atoms with Crippen LogP contribution in [0.15, 0.2) is 48.5 Å². The van der Waals surface area contributed by atoms with Crippen molar-refractivity contribution in [2.75, 3.05) is 5.32 Å². The highest BCUT2D eigenvalue weighted by atomic mass is 35.5. The van der Waals surface area contributed by atoms with Crippen molar-refractivity contribution in [3.63, 3.8) is 0 Å². The molecule has 0 atom stereocenters. The maximum absolute atomic E-state index is 12.2. The summed E-state index contributed by atoms with van der Waals surface area (Å²) in [4.78, 5) is 12.2. The van der Waals surface area contributed by atoms with Gasteiger partial charge in [-0.15, -0.1) is 0 Å². The van der Waals surface area contributed by atoms with Gasteiger partial charge in [0, 0.05) is 10.7 Å². The van der Waals surface area contributed by atoms with Crippen molar-refractivity contribution in [3.8, 4) is 0 Å². The van der Waals surface area contributed by atoms with Crippen LogP contribution < -0.4 is 10.6 Å². The summed E-state index contributed by atoms with van der Waals surface area (Å²) in [5.41, 5.74) is 2.93. The molecule has 1 saturated carbocycles. The summed E-state index contributed by atoms with van der Waals surface area (Å²) in [6.07, 6.45) is 2.90. The molecule has 0 saturated heterocycles. The van der Waals surface area contributed by atoms with Crippen molar-refractivity contribution in [1.29, 1.82) is 0 Å². The minimum atomic E-state index is -0.238. The van der Waals surface area contributed by atoms with Crippen LogP contribution in [-0.4, -0.2) is 6.03 Å². The normalized spacial score (nSPS) is 15.2. The first-order chi connectivity index (χ1) is 10.6. The molecule has 2 aromatic carbocycles. The SMILES string of the molecule is CCc1ccc(NC(=O)NC2(c3ccc(Cl)cc3)CC2)cc1. The van der Waals surface area contributed by atoms with E-state index in [4.69, 9.17) is 11.6 Å². The number of carbonyl (C=O) groups excluding carboxylic acids is 1. The molecular weight excluding hydrogens is 296 g/mol. The number of hydrogen-bond donors (Lipinski definition) is 2. The summed E-state index contributed by atoms with van der Waals surface area (Å²) in [6, 6.07) is 15.4. The molecule has 3 rings (SSSR count). The van der Waals surface area contributed by atoms with Crippen LogP contribution in [0.2, 0.25) is 5.02 Å².